The van der Waals surface area contributed by atoms with Crippen LogP contribution in [0, 0.1) is 11.7 Å². The average molecular weight is 401 g/mol. The Morgan fingerprint density at radius 1 is 1.38 bits per heavy atom. The lowest BCUT2D eigenvalue weighted by molar-refractivity contribution is -0.128. The number of carbonyl (C=O) groups excluding carboxylic acids is 1. The SMILES string of the molecule is CC(C)CN1CCC(NC(=O)[C@H](C)Oc2ccc(F)cc2Br)CC1. The molecule has 0 saturated carbocycles. The number of halogens is 2. The highest BCUT2D eigenvalue weighted by Crippen LogP contribution is 2.26. The van der Waals surface area contributed by atoms with Crippen LogP contribution in [0.15, 0.2) is 22.7 Å². The van der Waals surface area contributed by atoms with Gasteiger partial charge in [-0.15, -0.1) is 0 Å². The van der Waals surface area contributed by atoms with Crippen LogP contribution in [0.4, 0.5) is 4.39 Å². The second-order valence-corrected chi connectivity index (χ2v) is 7.67. The first-order valence-electron chi connectivity index (χ1n) is 8.49. The highest BCUT2D eigenvalue weighted by atomic mass is 79.9. The van der Waals surface area contributed by atoms with Crippen LogP contribution in [-0.4, -0.2) is 42.6 Å². The number of carbonyl (C=O) groups is 1. The second kappa shape index (κ2) is 8.81. The number of likely N-dealkylation sites (tertiary alicyclic amines) is 1. The van der Waals surface area contributed by atoms with Gasteiger partial charge in [-0.1, -0.05) is 13.8 Å². The van der Waals surface area contributed by atoms with Crippen molar-refractivity contribution < 1.29 is 13.9 Å². The monoisotopic (exact) mass is 400 g/mol. The number of hydrogen-bond acceptors (Lipinski definition) is 3. The van der Waals surface area contributed by atoms with Crippen molar-refractivity contribution in [3.05, 3.63) is 28.5 Å². The number of hydrogen-bond donors (Lipinski definition) is 1. The minimum absolute atomic E-state index is 0.131. The summed E-state index contributed by atoms with van der Waals surface area (Å²) in [6.45, 7) is 9.29. The first kappa shape index (κ1) is 19.2. The molecule has 1 saturated heterocycles. The van der Waals surface area contributed by atoms with E-state index in [0.717, 1.165) is 32.5 Å². The van der Waals surface area contributed by atoms with Crippen LogP contribution in [0.5, 0.6) is 5.75 Å². The van der Waals surface area contributed by atoms with Gasteiger partial charge in [0.25, 0.3) is 5.91 Å². The molecule has 24 heavy (non-hydrogen) atoms. The van der Waals surface area contributed by atoms with Crippen LogP contribution >= 0.6 is 15.9 Å². The highest BCUT2D eigenvalue weighted by Gasteiger charge is 2.24. The van der Waals surface area contributed by atoms with Gasteiger partial charge in [-0.3, -0.25) is 4.79 Å². The van der Waals surface area contributed by atoms with Gasteiger partial charge in [-0.25, -0.2) is 4.39 Å². The minimum atomic E-state index is -0.625. The van der Waals surface area contributed by atoms with Crippen molar-refractivity contribution in [3.63, 3.8) is 0 Å². The summed E-state index contributed by atoms with van der Waals surface area (Å²) in [5.41, 5.74) is 0. The van der Waals surface area contributed by atoms with E-state index in [2.05, 4.69) is 40.0 Å². The van der Waals surface area contributed by atoms with E-state index >= 15 is 0 Å². The van der Waals surface area contributed by atoms with Crippen LogP contribution < -0.4 is 10.1 Å². The van der Waals surface area contributed by atoms with Gasteiger partial charge in [-0.2, -0.15) is 0 Å². The molecule has 1 N–H and O–H groups in total. The molecule has 1 aliphatic heterocycles. The van der Waals surface area contributed by atoms with Crippen LogP contribution in [0.2, 0.25) is 0 Å². The Labute approximate surface area is 151 Å². The summed E-state index contributed by atoms with van der Waals surface area (Å²) in [6.07, 6.45) is 1.30. The second-order valence-electron chi connectivity index (χ2n) is 6.81. The molecule has 1 atom stereocenters. The van der Waals surface area contributed by atoms with E-state index in [1.807, 2.05) is 0 Å². The largest absolute Gasteiger partial charge is 0.480 e. The molecule has 1 heterocycles. The first-order valence-corrected chi connectivity index (χ1v) is 9.29. The fourth-order valence-electron chi connectivity index (χ4n) is 2.91. The van der Waals surface area contributed by atoms with E-state index in [4.69, 9.17) is 4.74 Å². The lowest BCUT2D eigenvalue weighted by Crippen LogP contribution is -2.48. The zero-order valence-corrected chi connectivity index (χ0v) is 16.1. The van der Waals surface area contributed by atoms with Gasteiger partial charge >= 0.3 is 0 Å². The van der Waals surface area contributed by atoms with Gasteiger partial charge in [0.05, 0.1) is 4.47 Å². The number of rotatable bonds is 6. The van der Waals surface area contributed by atoms with E-state index in [9.17, 15) is 9.18 Å². The third kappa shape index (κ3) is 5.74. The van der Waals surface area contributed by atoms with Crippen molar-refractivity contribution in [2.45, 2.75) is 45.8 Å². The molecular weight excluding hydrogens is 375 g/mol. The molecule has 1 aliphatic rings. The first-order chi connectivity index (χ1) is 11.3. The fraction of sp³-hybridized carbons (Fsp3) is 0.611. The number of piperidine rings is 1. The molecule has 1 fully saturated rings. The zero-order chi connectivity index (χ0) is 17.7. The molecule has 2 rings (SSSR count). The molecule has 0 radical (unpaired) electrons. The third-order valence-electron chi connectivity index (χ3n) is 4.12. The number of nitrogens with zero attached hydrogens (tertiary/aromatic N) is 1. The quantitative estimate of drug-likeness (QED) is 0.792. The van der Waals surface area contributed by atoms with E-state index in [1.54, 1.807) is 6.92 Å². The van der Waals surface area contributed by atoms with E-state index in [0.29, 0.717) is 16.1 Å². The van der Waals surface area contributed by atoms with Crippen LogP contribution in [-0.2, 0) is 4.79 Å². The highest BCUT2D eigenvalue weighted by molar-refractivity contribution is 9.10. The van der Waals surface area contributed by atoms with E-state index in [1.165, 1.54) is 18.2 Å². The molecule has 4 nitrogen and oxygen atoms in total. The van der Waals surface area contributed by atoms with Crippen molar-refractivity contribution in [3.8, 4) is 5.75 Å². The predicted octanol–water partition coefficient (Wildman–Crippen LogP) is 3.59. The van der Waals surface area contributed by atoms with Gasteiger partial charge in [0.15, 0.2) is 6.10 Å². The summed E-state index contributed by atoms with van der Waals surface area (Å²) in [5.74, 6) is 0.651. The van der Waals surface area contributed by atoms with Crippen molar-refractivity contribution >= 4 is 21.8 Å². The zero-order valence-electron chi connectivity index (χ0n) is 14.5. The van der Waals surface area contributed by atoms with Crippen molar-refractivity contribution in [2.24, 2.45) is 5.92 Å². The van der Waals surface area contributed by atoms with Crippen molar-refractivity contribution in [2.75, 3.05) is 19.6 Å². The minimum Gasteiger partial charge on any atom is -0.480 e. The van der Waals surface area contributed by atoms with Crippen LogP contribution in [0.25, 0.3) is 0 Å². The van der Waals surface area contributed by atoms with Crippen molar-refractivity contribution in [1.82, 2.24) is 10.2 Å². The molecule has 0 aliphatic carbocycles. The van der Waals surface area contributed by atoms with Crippen LogP contribution in [0.1, 0.15) is 33.6 Å². The maximum Gasteiger partial charge on any atom is 0.260 e. The molecule has 1 aromatic rings. The topological polar surface area (TPSA) is 41.6 Å². The number of benzene rings is 1. The Kier molecular flexibility index (Phi) is 7.04. The summed E-state index contributed by atoms with van der Waals surface area (Å²) < 4.78 is 19.2. The lowest BCUT2D eigenvalue weighted by Gasteiger charge is -2.33. The number of amides is 1. The molecule has 1 aromatic carbocycles. The summed E-state index contributed by atoms with van der Waals surface area (Å²) in [6, 6.07) is 4.36. The molecule has 0 aromatic heterocycles. The molecule has 0 bridgehead atoms. The Morgan fingerprint density at radius 2 is 2.04 bits per heavy atom. The fourth-order valence-corrected chi connectivity index (χ4v) is 3.35. The lowest BCUT2D eigenvalue weighted by atomic mass is 10.0. The number of nitrogens with one attached hydrogen (secondary N) is 1. The maximum atomic E-state index is 13.1. The predicted molar refractivity (Wildman–Crippen MR) is 96.6 cm³/mol. The van der Waals surface area contributed by atoms with Gasteiger partial charge in [-0.05, 0) is 59.8 Å². The summed E-state index contributed by atoms with van der Waals surface area (Å²) in [4.78, 5) is 14.8. The molecule has 1 amide bonds. The van der Waals surface area contributed by atoms with E-state index < -0.39 is 6.10 Å². The van der Waals surface area contributed by atoms with E-state index in [-0.39, 0.29) is 17.8 Å². The Balaban J connectivity index is 1.80. The molecule has 134 valence electrons. The van der Waals surface area contributed by atoms with Gasteiger partial charge in [0.2, 0.25) is 0 Å². The Hall–Kier alpha value is -1.14. The van der Waals surface area contributed by atoms with Crippen molar-refractivity contribution in [1.29, 1.82) is 0 Å². The third-order valence-corrected chi connectivity index (χ3v) is 4.74. The van der Waals surface area contributed by atoms with Gasteiger partial charge in [0.1, 0.15) is 11.6 Å². The van der Waals surface area contributed by atoms with Gasteiger partial charge in [0, 0.05) is 25.7 Å². The Morgan fingerprint density at radius 3 is 2.62 bits per heavy atom. The summed E-state index contributed by atoms with van der Waals surface area (Å²) in [7, 11) is 0. The van der Waals surface area contributed by atoms with Crippen LogP contribution in [0.3, 0.4) is 0 Å². The molecule has 0 unspecified atom stereocenters. The summed E-state index contributed by atoms with van der Waals surface area (Å²) >= 11 is 3.25. The molecule has 0 spiro atoms. The molecular formula is C18H26BrFN2O2. The Bertz CT molecular complexity index is 560. The number of ether oxygens (including phenoxy) is 1. The van der Waals surface area contributed by atoms with Gasteiger partial charge < -0.3 is 15.0 Å². The maximum absolute atomic E-state index is 13.1. The average Bonchev–Trinajstić information content (AvgIpc) is 2.51. The standard InChI is InChI=1S/C18H26BrFN2O2/c1-12(2)11-22-8-6-15(7-9-22)21-18(23)13(3)24-17-5-4-14(20)10-16(17)19/h4-5,10,12-13,15H,6-9,11H2,1-3H3,(H,21,23)/t13-/m0/s1. The molecule has 6 heteroatoms. The smallest absolute Gasteiger partial charge is 0.260 e. The normalized spacial score (nSPS) is 17.8. The summed E-state index contributed by atoms with van der Waals surface area (Å²) in [5, 5.41) is 3.06.